The largest absolute Gasteiger partial charge is 0.410 e. The molecule has 0 spiro atoms. The van der Waals surface area contributed by atoms with Crippen molar-refractivity contribution in [3.8, 4) is 6.07 Å². The van der Waals surface area contributed by atoms with Crippen molar-refractivity contribution < 1.29 is 5.21 Å². The Kier molecular flexibility index (Phi) is 2.56. The summed E-state index contributed by atoms with van der Waals surface area (Å²) in [7, 11) is 0. The maximum Gasteiger partial charge on any atom is 0.212 e. The van der Waals surface area contributed by atoms with Crippen molar-refractivity contribution in [2.75, 3.05) is 0 Å². The van der Waals surface area contributed by atoms with Crippen LogP contribution in [0.25, 0.3) is 0 Å². The molecule has 0 aliphatic carbocycles. The van der Waals surface area contributed by atoms with Crippen LogP contribution >= 0.6 is 11.6 Å². The van der Waals surface area contributed by atoms with Crippen LogP contribution in [-0.2, 0) is 0 Å². The average molecular weight is 183 g/mol. The summed E-state index contributed by atoms with van der Waals surface area (Å²) >= 11 is 5.38. The molecule has 0 unspecified atom stereocenters. The van der Waals surface area contributed by atoms with Gasteiger partial charge in [0.1, 0.15) is 6.07 Å². The molecule has 5 nitrogen and oxygen atoms in total. The van der Waals surface area contributed by atoms with Gasteiger partial charge in [0.15, 0.2) is 5.82 Å². The number of halogens is 1. The zero-order valence-corrected chi connectivity index (χ0v) is 6.52. The summed E-state index contributed by atoms with van der Waals surface area (Å²) < 4.78 is 0. The summed E-state index contributed by atoms with van der Waals surface area (Å²) in [5, 5.41) is 19.1. The lowest BCUT2D eigenvalue weighted by atomic mass is 10.4. The number of rotatable bonds is 1. The summed E-state index contributed by atoms with van der Waals surface area (Å²) in [5.74, 6) is 0.0816. The minimum Gasteiger partial charge on any atom is -0.410 e. The highest BCUT2D eigenvalue weighted by molar-refractivity contribution is 6.68. The summed E-state index contributed by atoms with van der Waals surface area (Å²) in [6, 6.07) is 1.84. The van der Waals surface area contributed by atoms with E-state index in [4.69, 9.17) is 22.1 Å². The highest BCUT2D eigenvalue weighted by atomic mass is 35.5. The van der Waals surface area contributed by atoms with E-state index in [2.05, 4.69) is 15.1 Å². The van der Waals surface area contributed by atoms with E-state index < -0.39 is 0 Å². The van der Waals surface area contributed by atoms with Gasteiger partial charge in [0.05, 0.1) is 5.56 Å². The van der Waals surface area contributed by atoms with Crippen LogP contribution in [0.4, 0.5) is 0 Å². The lowest BCUT2D eigenvalue weighted by Crippen LogP contribution is -1.99. The second-order valence-electron chi connectivity index (χ2n) is 1.80. The standard InChI is InChI=1S/C6H3ClN4O/c7-5(11-12)6-9-2-4(1-8)3-10-6/h2-3,12H. The van der Waals surface area contributed by atoms with E-state index in [1.165, 1.54) is 12.4 Å². The van der Waals surface area contributed by atoms with Crippen LogP contribution in [-0.4, -0.2) is 20.3 Å². The van der Waals surface area contributed by atoms with Crippen molar-refractivity contribution in [1.82, 2.24) is 9.97 Å². The van der Waals surface area contributed by atoms with E-state index in [0.29, 0.717) is 5.56 Å². The summed E-state index contributed by atoms with van der Waals surface area (Å²) in [6.45, 7) is 0. The van der Waals surface area contributed by atoms with E-state index in [-0.39, 0.29) is 11.0 Å². The average Bonchev–Trinajstić information content (AvgIpc) is 2.17. The third-order valence-electron chi connectivity index (χ3n) is 1.05. The first kappa shape index (κ1) is 8.43. The van der Waals surface area contributed by atoms with Crippen LogP contribution in [0, 0.1) is 11.3 Å². The maximum absolute atomic E-state index is 8.38. The van der Waals surface area contributed by atoms with Gasteiger partial charge in [-0.25, -0.2) is 9.97 Å². The molecular weight excluding hydrogens is 180 g/mol. The van der Waals surface area contributed by atoms with Crippen LogP contribution in [0.2, 0.25) is 0 Å². The van der Waals surface area contributed by atoms with Crippen LogP contribution in [0.1, 0.15) is 11.4 Å². The van der Waals surface area contributed by atoms with Gasteiger partial charge in [-0.05, 0) is 0 Å². The third kappa shape index (κ3) is 1.68. The molecule has 1 rings (SSSR count). The van der Waals surface area contributed by atoms with Crippen LogP contribution in [0.5, 0.6) is 0 Å². The molecule has 1 aromatic heterocycles. The normalized spacial score (nSPS) is 10.8. The van der Waals surface area contributed by atoms with Crippen molar-refractivity contribution in [3.05, 3.63) is 23.8 Å². The lowest BCUT2D eigenvalue weighted by molar-refractivity contribution is 0.320. The molecule has 12 heavy (non-hydrogen) atoms. The first-order chi connectivity index (χ1) is 5.77. The number of oxime groups is 1. The third-order valence-corrected chi connectivity index (χ3v) is 1.30. The lowest BCUT2D eigenvalue weighted by Gasteiger charge is -1.92. The molecule has 0 atom stereocenters. The predicted octanol–water partition coefficient (Wildman–Crippen LogP) is 0.723. The van der Waals surface area contributed by atoms with Gasteiger partial charge < -0.3 is 5.21 Å². The molecule has 60 valence electrons. The molecule has 0 amide bonds. The minimum atomic E-state index is -0.209. The molecule has 0 aliphatic rings. The highest BCUT2D eigenvalue weighted by Crippen LogP contribution is 1.98. The Bertz CT molecular complexity index is 340. The van der Waals surface area contributed by atoms with E-state index in [0.717, 1.165) is 0 Å². The zero-order valence-electron chi connectivity index (χ0n) is 5.77. The van der Waals surface area contributed by atoms with Gasteiger partial charge in [-0.2, -0.15) is 5.26 Å². The smallest absolute Gasteiger partial charge is 0.212 e. The summed E-state index contributed by atoms with van der Waals surface area (Å²) in [4.78, 5) is 7.33. The molecule has 0 radical (unpaired) electrons. The molecule has 0 bridgehead atoms. The van der Waals surface area contributed by atoms with Gasteiger partial charge in [0.2, 0.25) is 5.17 Å². The number of aromatic nitrogens is 2. The molecule has 6 heteroatoms. The van der Waals surface area contributed by atoms with Gasteiger partial charge in [-0.1, -0.05) is 16.8 Å². The molecule has 1 heterocycles. The first-order valence-corrected chi connectivity index (χ1v) is 3.26. The Morgan fingerprint density at radius 1 is 1.58 bits per heavy atom. The van der Waals surface area contributed by atoms with Gasteiger partial charge in [-0.3, -0.25) is 0 Å². The Morgan fingerprint density at radius 2 is 2.17 bits per heavy atom. The fourth-order valence-electron chi connectivity index (χ4n) is 0.537. The van der Waals surface area contributed by atoms with Gasteiger partial charge in [0, 0.05) is 12.4 Å². The van der Waals surface area contributed by atoms with Crippen molar-refractivity contribution in [3.63, 3.8) is 0 Å². The quantitative estimate of drug-likeness (QED) is 0.394. The van der Waals surface area contributed by atoms with Gasteiger partial charge in [-0.15, -0.1) is 0 Å². The van der Waals surface area contributed by atoms with Crippen molar-refractivity contribution in [2.45, 2.75) is 0 Å². The van der Waals surface area contributed by atoms with E-state index in [1.807, 2.05) is 6.07 Å². The molecule has 0 fully saturated rings. The van der Waals surface area contributed by atoms with Crippen LogP contribution in [0.15, 0.2) is 17.5 Å². The number of hydrogen-bond donors (Lipinski definition) is 1. The minimum absolute atomic E-state index is 0.0816. The monoisotopic (exact) mass is 182 g/mol. The Balaban J connectivity index is 3.02. The van der Waals surface area contributed by atoms with Gasteiger partial charge >= 0.3 is 0 Å². The number of hydrogen-bond acceptors (Lipinski definition) is 5. The number of nitrogens with zero attached hydrogens (tertiary/aromatic N) is 4. The van der Waals surface area contributed by atoms with E-state index >= 15 is 0 Å². The van der Waals surface area contributed by atoms with Crippen LogP contribution < -0.4 is 0 Å². The maximum atomic E-state index is 8.38. The Morgan fingerprint density at radius 3 is 2.58 bits per heavy atom. The van der Waals surface area contributed by atoms with Gasteiger partial charge in [0.25, 0.3) is 0 Å². The molecule has 1 aromatic rings. The van der Waals surface area contributed by atoms with Crippen molar-refractivity contribution in [1.29, 1.82) is 5.26 Å². The second kappa shape index (κ2) is 3.64. The molecule has 1 N–H and O–H groups in total. The zero-order chi connectivity index (χ0) is 8.97. The van der Waals surface area contributed by atoms with Crippen molar-refractivity contribution in [2.24, 2.45) is 5.16 Å². The van der Waals surface area contributed by atoms with Crippen LogP contribution in [0.3, 0.4) is 0 Å². The van der Waals surface area contributed by atoms with Crippen molar-refractivity contribution >= 4 is 16.8 Å². The fraction of sp³-hybridized carbons (Fsp3) is 0. The molecule has 0 saturated carbocycles. The van der Waals surface area contributed by atoms with E-state index in [1.54, 1.807) is 0 Å². The highest BCUT2D eigenvalue weighted by Gasteiger charge is 2.02. The SMILES string of the molecule is N#Cc1cnc(C(Cl)=NO)nc1. The first-order valence-electron chi connectivity index (χ1n) is 2.88. The fourth-order valence-corrected chi connectivity index (χ4v) is 0.635. The number of nitriles is 1. The van der Waals surface area contributed by atoms with E-state index in [9.17, 15) is 0 Å². The summed E-state index contributed by atoms with van der Waals surface area (Å²) in [5.41, 5.74) is 0.321. The molecule has 0 saturated heterocycles. The molecule has 0 aliphatic heterocycles. The Labute approximate surface area is 72.9 Å². The Hall–Kier alpha value is -1.67. The second-order valence-corrected chi connectivity index (χ2v) is 2.16. The predicted molar refractivity (Wildman–Crippen MR) is 40.9 cm³/mol. The molecule has 0 aromatic carbocycles. The topological polar surface area (TPSA) is 82.2 Å². The summed E-state index contributed by atoms with van der Waals surface area (Å²) in [6.07, 6.45) is 2.58. The molecular formula is C6H3ClN4O.